The maximum atomic E-state index is 13.5. The molecule has 1 N–H and O–H groups in total. The highest BCUT2D eigenvalue weighted by Gasteiger charge is 2.23. The molecular weight excluding hydrogens is 286 g/mol. The monoisotopic (exact) mass is 307 g/mol. The molecule has 120 valence electrons. The smallest absolute Gasteiger partial charge is 0.203 e. The molecule has 0 aromatic heterocycles. The summed E-state index contributed by atoms with van der Waals surface area (Å²) in [5.74, 6) is -6.75. The van der Waals surface area contributed by atoms with Gasteiger partial charge in [-0.25, -0.2) is 8.78 Å². The van der Waals surface area contributed by atoms with Crippen molar-refractivity contribution in [3.63, 3.8) is 0 Å². The maximum absolute atomic E-state index is 13.5. The van der Waals surface area contributed by atoms with Crippen LogP contribution in [-0.4, -0.2) is 19.2 Å². The molecule has 0 aliphatic carbocycles. The van der Waals surface area contributed by atoms with Crippen molar-refractivity contribution in [2.75, 3.05) is 13.2 Å². The van der Waals surface area contributed by atoms with E-state index in [-0.39, 0.29) is 24.6 Å². The number of hydrogen-bond acceptors (Lipinski definition) is 2. The summed E-state index contributed by atoms with van der Waals surface area (Å²) in [4.78, 5) is 0. The normalized spacial score (nSPS) is 14.0. The standard InChI is InChI=1S/C15H21F4NO/c1-4-6-20-12(9(3)5-2)8-21-15-13(18)10(16)7-11(17)14(15)19/h7,9,12,20H,4-6,8H2,1-3H3. The van der Waals surface area contributed by atoms with Crippen molar-refractivity contribution in [2.24, 2.45) is 5.92 Å². The topological polar surface area (TPSA) is 21.3 Å². The predicted octanol–water partition coefficient (Wildman–Crippen LogP) is 4.04. The van der Waals surface area contributed by atoms with E-state index in [1.165, 1.54) is 0 Å². The summed E-state index contributed by atoms with van der Waals surface area (Å²) in [5, 5.41) is 3.20. The molecule has 0 amide bonds. The zero-order valence-electron chi connectivity index (χ0n) is 12.5. The van der Waals surface area contributed by atoms with Crippen molar-refractivity contribution in [2.45, 2.75) is 39.7 Å². The van der Waals surface area contributed by atoms with Crippen molar-refractivity contribution < 1.29 is 22.3 Å². The third-order valence-corrected chi connectivity index (χ3v) is 3.47. The Morgan fingerprint density at radius 1 is 1.10 bits per heavy atom. The summed E-state index contributed by atoms with van der Waals surface area (Å²) in [6.45, 7) is 6.60. The second-order valence-electron chi connectivity index (χ2n) is 5.05. The van der Waals surface area contributed by atoms with Crippen LogP contribution in [0.5, 0.6) is 5.75 Å². The van der Waals surface area contributed by atoms with Gasteiger partial charge >= 0.3 is 0 Å². The van der Waals surface area contributed by atoms with Gasteiger partial charge in [-0.05, 0) is 18.9 Å². The molecule has 6 heteroatoms. The van der Waals surface area contributed by atoms with Gasteiger partial charge in [-0.15, -0.1) is 0 Å². The highest BCUT2D eigenvalue weighted by molar-refractivity contribution is 5.28. The summed E-state index contributed by atoms with van der Waals surface area (Å²) in [7, 11) is 0. The van der Waals surface area contributed by atoms with Crippen LogP contribution in [0.15, 0.2) is 6.07 Å². The average Bonchev–Trinajstić information content (AvgIpc) is 2.47. The third kappa shape index (κ3) is 4.59. The van der Waals surface area contributed by atoms with E-state index in [1.54, 1.807) is 0 Å². The van der Waals surface area contributed by atoms with Gasteiger partial charge in [0.15, 0.2) is 17.4 Å². The molecule has 1 aromatic carbocycles. The molecule has 0 bridgehead atoms. The molecule has 0 aliphatic heterocycles. The lowest BCUT2D eigenvalue weighted by atomic mass is 10.00. The van der Waals surface area contributed by atoms with Gasteiger partial charge in [0.05, 0.1) is 0 Å². The molecule has 2 unspecified atom stereocenters. The highest BCUT2D eigenvalue weighted by Crippen LogP contribution is 2.26. The first-order chi connectivity index (χ1) is 9.92. The lowest BCUT2D eigenvalue weighted by molar-refractivity contribution is 0.201. The van der Waals surface area contributed by atoms with E-state index in [2.05, 4.69) is 5.32 Å². The maximum Gasteiger partial charge on any atom is 0.203 e. The van der Waals surface area contributed by atoms with Gasteiger partial charge in [-0.3, -0.25) is 0 Å². The van der Waals surface area contributed by atoms with Crippen LogP contribution in [-0.2, 0) is 0 Å². The zero-order chi connectivity index (χ0) is 16.0. The highest BCUT2D eigenvalue weighted by atomic mass is 19.2. The molecule has 0 radical (unpaired) electrons. The molecule has 0 heterocycles. The summed E-state index contributed by atoms with van der Waals surface area (Å²) >= 11 is 0. The Balaban J connectivity index is 2.84. The minimum atomic E-state index is -1.51. The van der Waals surface area contributed by atoms with E-state index in [0.29, 0.717) is 0 Å². The number of halogens is 4. The summed E-state index contributed by atoms with van der Waals surface area (Å²) in [6, 6.07) is 0.0130. The minimum Gasteiger partial charge on any atom is -0.486 e. The number of hydrogen-bond donors (Lipinski definition) is 1. The van der Waals surface area contributed by atoms with Gasteiger partial charge in [0.1, 0.15) is 6.61 Å². The van der Waals surface area contributed by atoms with Crippen molar-refractivity contribution in [3.8, 4) is 5.75 Å². The van der Waals surface area contributed by atoms with Crippen molar-refractivity contribution in [1.82, 2.24) is 5.32 Å². The Labute approximate surface area is 122 Å². The second-order valence-corrected chi connectivity index (χ2v) is 5.05. The molecular formula is C15H21F4NO. The van der Waals surface area contributed by atoms with Crippen LogP contribution in [0.25, 0.3) is 0 Å². The minimum absolute atomic E-state index is 0.0637. The fourth-order valence-electron chi connectivity index (χ4n) is 1.89. The van der Waals surface area contributed by atoms with Crippen LogP contribution in [0.1, 0.15) is 33.6 Å². The van der Waals surface area contributed by atoms with Crippen LogP contribution in [0.2, 0.25) is 0 Å². The summed E-state index contributed by atoms with van der Waals surface area (Å²) < 4.78 is 58.2. The first kappa shape index (κ1) is 17.8. The second kappa shape index (κ2) is 8.22. The summed E-state index contributed by atoms with van der Waals surface area (Å²) in [5.41, 5.74) is 0. The van der Waals surface area contributed by atoms with Crippen LogP contribution in [0, 0.1) is 29.2 Å². The Hall–Kier alpha value is -1.30. The van der Waals surface area contributed by atoms with Crippen LogP contribution in [0.3, 0.4) is 0 Å². The average molecular weight is 307 g/mol. The molecule has 2 nitrogen and oxygen atoms in total. The molecule has 1 rings (SSSR count). The van der Waals surface area contributed by atoms with Crippen LogP contribution < -0.4 is 10.1 Å². The number of rotatable bonds is 8. The molecule has 0 fully saturated rings. The fourth-order valence-corrected chi connectivity index (χ4v) is 1.89. The zero-order valence-corrected chi connectivity index (χ0v) is 12.5. The molecule has 0 saturated heterocycles. The van der Waals surface area contributed by atoms with E-state index >= 15 is 0 Å². The number of benzene rings is 1. The van der Waals surface area contributed by atoms with Gasteiger partial charge in [-0.2, -0.15) is 8.78 Å². The molecule has 0 saturated carbocycles. The predicted molar refractivity (Wildman–Crippen MR) is 73.3 cm³/mol. The first-order valence-electron chi connectivity index (χ1n) is 7.11. The Morgan fingerprint density at radius 2 is 1.67 bits per heavy atom. The molecule has 0 spiro atoms. The molecule has 1 aromatic rings. The van der Waals surface area contributed by atoms with E-state index in [4.69, 9.17) is 4.74 Å². The fraction of sp³-hybridized carbons (Fsp3) is 0.600. The molecule has 2 atom stereocenters. The number of nitrogens with one attached hydrogen (secondary N) is 1. The van der Waals surface area contributed by atoms with E-state index in [1.807, 2.05) is 20.8 Å². The van der Waals surface area contributed by atoms with Gasteiger partial charge in [-0.1, -0.05) is 27.2 Å². The lowest BCUT2D eigenvalue weighted by Crippen LogP contribution is -2.40. The van der Waals surface area contributed by atoms with E-state index < -0.39 is 29.0 Å². The largest absolute Gasteiger partial charge is 0.486 e. The lowest BCUT2D eigenvalue weighted by Gasteiger charge is -2.24. The first-order valence-corrected chi connectivity index (χ1v) is 7.11. The van der Waals surface area contributed by atoms with Crippen molar-refractivity contribution in [1.29, 1.82) is 0 Å². The van der Waals surface area contributed by atoms with Crippen molar-refractivity contribution >= 4 is 0 Å². The SMILES string of the molecule is CCCNC(COc1c(F)c(F)cc(F)c1F)C(C)CC. The number of ether oxygens (including phenoxy) is 1. The molecule has 0 aliphatic rings. The molecule has 21 heavy (non-hydrogen) atoms. The van der Waals surface area contributed by atoms with Crippen LogP contribution in [0.4, 0.5) is 17.6 Å². The quantitative estimate of drug-likeness (QED) is 0.578. The van der Waals surface area contributed by atoms with Gasteiger partial charge < -0.3 is 10.1 Å². The third-order valence-electron chi connectivity index (χ3n) is 3.47. The van der Waals surface area contributed by atoms with Gasteiger partial charge in [0.25, 0.3) is 0 Å². The van der Waals surface area contributed by atoms with E-state index in [9.17, 15) is 17.6 Å². The van der Waals surface area contributed by atoms with E-state index in [0.717, 1.165) is 19.4 Å². The van der Waals surface area contributed by atoms with Gasteiger partial charge in [0.2, 0.25) is 11.6 Å². The van der Waals surface area contributed by atoms with Gasteiger partial charge in [0, 0.05) is 12.1 Å². The van der Waals surface area contributed by atoms with Crippen molar-refractivity contribution in [3.05, 3.63) is 29.3 Å². The Kier molecular flexibility index (Phi) is 6.95. The van der Waals surface area contributed by atoms with Crippen LogP contribution >= 0.6 is 0 Å². The summed E-state index contributed by atoms with van der Waals surface area (Å²) in [6.07, 6.45) is 1.73. The Bertz CT molecular complexity index is 441. The Morgan fingerprint density at radius 3 is 2.14 bits per heavy atom.